The quantitative estimate of drug-likeness (QED) is 0.922. The summed E-state index contributed by atoms with van der Waals surface area (Å²) in [5.41, 5.74) is 5.07. The summed E-state index contributed by atoms with van der Waals surface area (Å²) in [6, 6.07) is 10.8. The highest BCUT2D eigenvalue weighted by Crippen LogP contribution is 2.23. The van der Waals surface area contributed by atoms with Crippen LogP contribution >= 0.6 is 0 Å². The predicted molar refractivity (Wildman–Crippen MR) is 91.5 cm³/mol. The molecule has 1 fully saturated rings. The maximum Gasteiger partial charge on any atom is 0.0827 e. The van der Waals surface area contributed by atoms with Crippen LogP contribution in [0.2, 0.25) is 0 Å². The molecule has 0 saturated carbocycles. The molecule has 22 heavy (non-hydrogen) atoms. The third-order valence-electron chi connectivity index (χ3n) is 4.56. The Bertz CT molecular complexity index is 563. The number of benzene rings is 1. The van der Waals surface area contributed by atoms with Crippen LogP contribution in [0.5, 0.6) is 0 Å². The van der Waals surface area contributed by atoms with E-state index in [4.69, 9.17) is 0 Å². The molecule has 4 heteroatoms. The Labute approximate surface area is 133 Å². The van der Waals surface area contributed by atoms with Crippen molar-refractivity contribution in [2.45, 2.75) is 26.7 Å². The van der Waals surface area contributed by atoms with Gasteiger partial charge in [-0.05, 0) is 38.8 Å². The first-order chi connectivity index (χ1) is 10.7. The highest BCUT2D eigenvalue weighted by molar-refractivity contribution is 5.54. The molecular weight excluding hydrogens is 272 g/mol. The standard InChI is InChI=1S/C18H26N4/c1-15-18(16(2)20-19-15)22-13-11-21(12-14-22)10-6-9-17-7-4-3-5-8-17/h3-5,7-8H,6,9-14H2,1-2H3,(H,19,20). The van der Waals surface area contributed by atoms with Crippen LogP contribution in [0, 0.1) is 13.8 Å². The summed E-state index contributed by atoms with van der Waals surface area (Å²) >= 11 is 0. The molecule has 0 aliphatic carbocycles. The van der Waals surface area contributed by atoms with Gasteiger partial charge < -0.3 is 4.90 Å². The molecular formula is C18H26N4. The number of nitrogens with one attached hydrogen (secondary N) is 1. The first-order valence-electron chi connectivity index (χ1n) is 8.27. The maximum absolute atomic E-state index is 4.31. The zero-order chi connectivity index (χ0) is 15.4. The molecule has 3 rings (SSSR count). The molecule has 2 heterocycles. The third kappa shape index (κ3) is 3.50. The fraction of sp³-hybridized carbons (Fsp3) is 0.500. The molecule has 118 valence electrons. The van der Waals surface area contributed by atoms with Crippen molar-refractivity contribution in [2.24, 2.45) is 0 Å². The van der Waals surface area contributed by atoms with Gasteiger partial charge in [0.05, 0.1) is 17.1 Å². The average Bonchev–Trinajstić information content (AvgIpc) is 2.88. The Hall–Kier alpha value is -1.81. The molecule has 1 saturated heterocycles. The molecule has 0 atom stereocenters. The van der Waals surface area contributed by atoms with Crippen molar-refractivity contribution in [3.05, 3.63) is 47.3 Å². The molecule has 2 aromatic rings. The lowest BCUT2D eigenvalue weighted by atomic mass is 10.1. The summed E-state index contributed by atoms with van der Waals surface area (Å²) < 4.78 is 0. The number of nitrogens with zero attached hydrogens (tertiary/aromatic N) is 3. The van der Waals surface area contributed by atoms with E-state index in [1.54, 1.807) is 0 Å². The van der Waals surface area contributed by atoms with E-state index in [0.717, 1.165) is 31.9 Å². The van der Waals surface area contributed by atoms with E-state index < -0.39 is 0 Å². The largest absolute Gasteiger partial charge is 0.366 e. The minimum atomic E-state index is 1.10. The van der Waals surface area contributed by atoms with Gasteiger partial charge >= 0.3 is 0 Å². The van der Waals surface area contributed by atoms with Crippen LogP contribution in [0.25, 0.3) is 0 Å². The van der Waals surface area contributed by atoms with Crippen LogP contribution in [0.4, 0.5) is 5.69 Å². The summed E-state index contributed by atoms with van der Waals surface area (Å²) in [7, 11) is 0. The zero-order valence-electron chi connectivity index (χ0n) is 13.7. The van der Waals surface area contributed by atoms with Crippen LogP contribution in [0.1, 0.15) is 23.4 Å². The van der Waals surface area contributed by atoms with E-state index in [9.17, 15) is 0 Å². The van der Waals surface area contributed by atoms with Crippen molar-refractivity contribution in [3.8, 4) is 0 Å². The second kappa shape index (κ2) is 6.97. The van der Waals surface area contributed by atoms with Gasteiger partial charge in [-0.3, -0.25) is 10.00 Å². The smallest absolute Gasteiger partial charge is 0.0827 e. The van der Waals surface area contributed by atoms with Gasteiger partial charge in [0.15, 0.2) is 0 Å². The number of aromatic amines is 1. The monoisotopic (exact) mass is 298 g/mol. The third-order valence-corrected chi connectivity index (χ3v) is 4.56. The molecule has 0 spiro atoms. The minimum absolute atomic E-state index is 1.10. The van der Waals surface area contributed by atoms with Crippen LogP contribution in [-0.2, 0) is 6.42 Å². The molecule has 1 aromatic heterocycles. The summed E-state index contributed by atoms with van der Waals surface area (Å²) in [5, 5.41) is 7.41. The fourth-order valence-corrected chi connectivity index (χ4v) is 3.36. The summed E-state index contributed by atoms with van der Waals surface area (Å²) in [6.07, 6.45) is 2.43. The first-order valence-corrected chi connectivity index (χ1v) is 8.27. The van der Waals surface area contributed by atoms with E-state index in [1.807, 2.05) is 0 Å². The topological polar surface area (TPSA) is 35.2 Å². The molecule has 0 amide bonds. The lowest BCUT2D eigenvalue weighted by Gasteiger charge is -2.36. The highest BCUT2D eigenvalue weighted by Gasteiger charge is 2.20. The van der Waals surface area contributed by atoms with Gasteiger partial charge in [0.25, 0.3) is 0 Å². The van der Waals surface area contributed by atoms with E-state index in [0.29, 0.717) is 0 Å². The van der Waals surface area contributed by atoms with Gasteiger partial charge in [-0.25, -0.2) is 0 Å². The van der Waals surface area contributed by atoms with Crippen LogP contribution in [0.15, 0.2) is 30.3 Å². The Kier molecular flexibility index (Phi) is 4.78. The molecule has 1 N–H and O–H groups in total. The van der Waals surface area contributed by atoms with Crippen molar-refractivity contribution < 1.29 is 0 Å². The van der Waals surface area contributed by atoms with Crippen LogP contribution < -0.4 is 4.90 Å². The number of piperazine rings is 1. The Morgan fingerprint density at radius 3 is 2.41 bits per heavy atom. The number of aryl methyl sites for hydroxylation is 3. The highest BCUT2D eigenvalue weighted by atomic mass is 15.3. The minimum Gasteiger partial charge on any atom is -0.366 e. The van der Waals surface area contributed by atoms with Crippen LogP contribution in [-0.4, -0.2) is 47.8 Å². The van der Waals surface area contributed by atoms with Crippen molar-refractivity contribution in [1.82, 2.24) is 15.1 Å². The van der Waals surface area contributed by atoms with Crippen molar-refractivity contribution in [2.75, 3.05) is 37.6 Å². The first kappa shape index (κ1) is 15.1. The zero-order valence-corrected chi connectivity index (χ0v) is 13.7. The second-order valence-corrected chi connectivity index (χ2v) is 6.20. The summed E-state index contributed by atoms with van der Waals surface area (Å²) in [5.74, 6) is 0. The van der Waals surface area contributed by atoms with Crippen molar-refractivity contribution >= 4 is 5.69 Å². The van der Waals surface area contributed by atoms with Gasteiger partial charge in [0.2, 0.25) is 0 Å². The summed E-state index contributed by atoms with van der Waals surface area (Å²) in [4.78, 5) is 5.06. The number of hydrogen-bond acceptors (Lipinski definition) is 3. The van der Waals surface area contributed by atoms with Crippen molar-refractivity contribution in [3.63, 3.8) is 0 Å². The van der Waals surface area contributed by atoms with E-state index in [2.05, 4.69) is 64.2 Å². The maximum atomic E-state index is 4.31. The SMILES string of the molecule is Cc1n[nH]c(C)c1N1CCN(CCCc2ccccc2)CC1. The van der Waals surface area contributed by atoms with Gasteiger partial charge in [-0.15, -0.1) is 0 Å². The Balaban J connectivity index is 1.44. The van der Waals surface area contributed by atoms with Gasteiger partial charge in [0.1, 0.15) is 0 Å². The molecule has 0 radical (unpaired) electrons. The lowest BCUT2D eigenvalue weighted by molar-refractivity contribution is 0.255. The lowest BCUT2D eigenvalue weighted by Crippen LogP contribution is -2.47. The Morgan fingerprint density at radius 2 is 1.77 bits per heavy atom. The number of aromatic nitrogens is 2. The van der Waals surface area contributed by atoms with Gasteiger partial charge in [-0.1, -0.05) is 30.3 Å². The van der Waals surface area contributed by atoms with Crippen molar-refractivity contribution in [1.29, 1.82) is 0 Å². The normalized spacial score (nSPS) is 16.2. The molecule has 1 aliphatic rings. The molecule has 4 nitrogen and oxygen atoms in total. The number of H-pyrrole nitrogens is 1. The molecule has 1 aromatic carbocycles. The average molecular weight is 298 g/mol. The molecule has 1 aliphatic heterocycles. The van der Waals surface area contributed by atoms with E-state index in [1.165, 1.54) is 36.3 Å². The Morgan fingerprint density at radius 1 is 1.05 bits per heavy atom. The summed E-state index contributed by atoms with van der Waals surface area (Å²) in [6.45, 7) is 9.91. The van der Waals surface area contributed by atoms with Gasteiger partial charge in [0, 0.05) is 26.2 Å². The van der Waals surface area contributed by atoms with Crippen LogP contribution in [0.3, 0.4) is 0 Å². The second-order valence-electron chi connectivity index (χ2n) is 6.20. The molecule has 0 bridgehead atoms. The van der Waals surface area contributed by atoms with Gasteiger partial charge in [-0.2, -0.15) is 5.10 Å². The van der Waals surface area contributed by atoms with E-state index in [-0.39, 0.29) is 0 Å². The molecule has 0 unspecified atom stereocenters. The predicted octanol–water partition coefficient (Wildman–Crippen LogP) is 2.78. The fourth-order valence-electron chi connectivity index (χ4n) is 3.36. The number of hydrogen-bond donors (Lipinski definition) is 1. The number of rotatable bonds is 5. The van der Waals surface area contributed by atoms with E-state index >= 15 is 0 Å². The number of anilines is 1.